The van der Waals surface area contributed by atoms with E-state index in [0.29, 0.717) is 6.61 Å². The number of hydrogen-bond acceptors (Lipinski definition) is 4. The molecule has 0 atom stereocenters. The first-order valence-electron chi connectivity index (χ1n) is 7.84. The molecule has 0 aromatic heterocycles. The quantitative estimate of drug-likeness (QED) is 0.544. The highest BCUT2D eigenvalue weighted by atomic mass is 32.2. The lowest BCUT2D eigenvalue weighted by Crippen LogP contribution is -2.24. The molecular formula is C18H24O4SSi. The number of aryl methyl sites for hydroxylation is 1. The molecule has 2 rings (SSSR count). The average molecular weight is 365 g/mol. The normalized spacial score (nSPS) is 12.3. The van der Waals surface area contributed by atoms with Gasteiger partial charge in [0.05, 0.1) is 18.1 Å². The molecule has 0 aliphatic heterocycles. The van der Waals surface area contributed by atoms with E-state index in [4.69, 9.17) is 8.61 Å². The van der Waals surface area contributed by atoms with Gasteiger partial charge >= 0.3 is 0 Å². The maximum Gasteiger partial charge on any atom is 0.297 e. The minimum Gasteiger partial charge on any atom is -0.413 e. The Morgan fingerprint density at radius 3 is 1.83 bits per heavy atom. The van der Waals surface area contributed by atoms with E-state index in [1.165, 1.54) is 0 Å². The van der Waals surface area contributed by atoms with Crippen molar-refractivity contribution in [2.45, 2.75) is 44.7 Å². The van der Waals surface area contributed by atoms with E-state index in [0.717, 1.165) is 16.7 Å². The van der Waals surface area contributed by atoms with Crippen molar-refractivity contribution in [3.8, 4) is 0 Å². The highest BCUT2D eigenvalue weighted by Gasteiger charge is 2.15. The van der Waals surface area contributed by atoms with Crippen molar-refractivity contribution in [3.05, 3.63) is 65.2 Å². The molecule has 2 aromatic carbocycles. The lowest BCUT2D eigenvalue weighted by atomic mass is 10.1. The van der Waals surface area contributed by atoms with Crippen molar-refractivity contribution in [2.75, 3.05) is 0 Å². The Balaban J connectivity index is 1.95. The second-order valence-electron chi connectivity index (χ2n) is 6.75. The number of hydrogen-bond donors (Lipinski definition) is 0. The van der Waals surface area contributed by atoms with Gasteiger partial charge in [0.1, 0.15) is 0 Å². The summed E-state index contributed by atoms with van der Waals surface area (Å²) in [5.41, 5.74) is 2.88. The molecule has 0 heterocycles. The first-order chi connectivity index (χ1) is 11.2. The number of rotatable bonds is 7. The van der Waals surface area contributed by atoms with Crippen LogP contribution >= 0.6 is 0 Å². The maximum absolute atomic E-state index is 12.2. The topological polar surface area (TPSA) is 52.6 Å². The summed E-state index contributed by atoms with van der Waals surface area (Å²) in [6, 6.07) is 14.2. The van der Waals surface area contributed by atoms with E-state index < -0.39 is 18.4 Å². The fourth-order valence-electron chi connectivity index (χ4n) is 1.95. The fourth-order valence-corrected chi connectivity index (χ4v) is 3.45. The predicted octanol–water partition coefficient (Wildman–Crippen LogP) is 4.25. The van der Waals surface area contributed by atoms with Gasteiger partial charge in [0.2, 0.25) is 0 Å². The van der Waals surface area contributed by atoms with Gasteiger partial charge in [-0.25, -0.2) is 0 Å². The Morgan fingerprint density at radius 1 is 0.833 bits per heavy atom. The van der Waals surface area contributed by atoms with Crippen molar-refractivity contribution >= 4 is 18.4 Å². The van der Waals surface area contributed by atoms with E-state index in [1.54, 1.807) is 24.3 Å². The standard InChI is InChI=1S/C18H24O4SSi/c1-15-5-11-18(12-6-15)23(19,20)21-13-16-7-9-17(10-8-16)14-22-24(2,3)4/h5-12H,13-14H2,1-4H3. The van der Waals surface area contributed by atoms with Gasteiger partial charge in [0, 0.05) is 0 Å². The Morgan fingerprint density at radius 2 is 1.33 bits per heavy atom. The molecule has 4 nitrogen and oxygen atoms in total. The van der Waals surface area contributed by atoms with Gasteiger partial charge in [-0.1, -0.05) is 42.0 Å². The number of benzene rings is 2. The van der Waals surface area contributed by atoms with Gasteiger partial charge in [0.25, 0.3) is 10.1 Å². The van der Waals surface area contributed by atoms with Crippen LogP contribution in [0, 0.1) is 6.92 Å². The summed E-state index contributed by atoms with van der Waals surface area (Å²) in [4.78, 5) is 0.174. The molecule has 0 unspecified atom stereocenters. The zero-order valence-electron chi connectivity index (χ0n) is 14.6. The highest BCUT2D eigenvalue weighted by molar-refractivity contribution is 7.86. The molecule has 0 aliphatic carbocycles. The molecule has 0 amide bonds. The summed E-state index contributed by atoms with van der Waals surface area (Å²) in [5.74, 6) is 0. The summed E-state index contributed by atoms with van der Waals surface area (Å²) >= 11 is 0. The predicted molar refractivity (Wildman–Crippen MR) is 97.7 cm³/mol. The van der Waals surface area contributed by atoms with Crippen molar-refractivity contribution in [1.82, 2.24) is 0 Å². The van der Waals surface area contributed by atoms with Crippen LogP contribution in [0.1, 0.15) is 16.7 Å². The summed E-state index contributed by atoms with van der Waals surface area (Å²) in [6.07, 6.45) is 0. The van der Waals surface area contributed by atoms with E-state index in [1.807, 2.05) is 31.2 Å². The van der Waals surface area contributed by atoms with E-state index in [2.05, 4.69) is 19.6 Å². The van der Waals surface area contributed by atoms with Gasteiger partial charge in [-0.15, -0.1) is 0 Å². The minimum atomic E-state index is -3.73. The highest BCUT2D eigenvalue weighted by Crippen LogP contribution is 2.16. The molecule has 0 spiro atoms. The van der Waals surface area contributed by atoms with Crippen molar-refractivity contribution in [3.63, 3.8) is 0 Å². The van der Waals surface area contributed by atoms with Gasteiger partial charge in [-0.3, -0.25) is 4.18 Å². The fraction of sp³-hybridized carbons (Fsp3) is 0.333. The molecule has 0 radical (unpaired) electrons. The molecule has 130 valence electrons. The van der Waals surface area contributed by atoms with Crippen LogP contribution in [0.4, 0.5) is 0 Å². The zero-order valence-corrected chi connectivity index (χ0v) is 16.4. The Kier molecular flexibility index (Phi) is 5.98. The van der Waals surface area contributed by atoms with Crippen LogP contribution in [0.2, 0.25) is 19.6 Å². The molecule has 6 heteroatoms. The lowest BCUT2D eigenvalue weighted by molar-refractivity contribution is 0.298. The van der Waals surface area contributed by atoms with E-state index in [9.17, 15) is 8.42 Å². The molecule has 0 aliphatic rings. The van der Waals surface area contributed by atoms with E-state index >= 15 is 0 Å². The molecule has 0 saturated heterocycles. The molecule has 24 heavy (non-hydrogen) atoms. The van der Waals surface area contributed by atoms with Crippen LogP contribution in [0.25, 0.3) is 0 Å². The van der Waals surface area contributed by atoms with Crippen molar-refractivity contribution in [1.29, 1.82) is 0 Å². The second kappa shape index (κ2) is 7.61. The van der Waals surface area contributed by atoms with Crippen LogP contribution in [0.15, 0.2) is 53.4 Å². The van der Waals surface area contributed by atoms with Crippen LogP contribution in [-0.2, 0) is 31.9 Å². The summed E-state index contributed by atoms with van der Waals surface area (Å²) in [6.45, 7) is 8.94. The van der Waals surface area contributed by atoms with Gasteiger partial charge < -0.3 is 4.43 Å². The Labute approximate surface area is 145 Å². The van der Waals surface area contributed by atoms with E-state index in [-0.39, 0.29) is 11.5 Å². The molecule has 0 bridgehead atoms. The smallest absolute Gasteiger partial charge is 0.297 e. The van der Waals surface area contributed by atoms with Gasteiger partial charge in [0.15, 0.2) is 8.32 Å². The third kappa shape index (κ3) is 5.87. The molecule has 2 aromatic rings. The molecular weight excluding hydrogens is 340 g/mol. The summed E-state index contributed by atoms with van der Waals surface area (Å²) < 4.78 is 35.3. The maximum atomic E-state index is 12.2. The first-order valence-corrected chi connectivity index (χ1v) is 12.7. The SMILES string of the molecule is Cc1ccc(S(=O)(=O)OCc2ccc(CO[Si](C)(C)C)cc2)cc1. The minimum absolute atomic E-state index is 0.0192. The Hall–Kier alpha value is -1.47. The summed E-state index contributed by atoms with van der Waals surface area (Å²) in [5, 5.41) is 0. The zero-order chi connectivity index (χ0) is 17.8. The molecule has 0 saturated carbocycles. The van der Waals surface area contributed by atoms with Crippen LogP contribution < -0.4 is 0 Å². The van der Waals surface area contributed by atoms with Crippen LogP contribution in [-0.4, -0.2) is 16.7 Å². The van der Waals surface area contributed by atoms with Crippen molar-refractivity contribution in [2.24, 2.45) is 0 Å². The first kappa shape index (κ1) is 18.9. The monoisotopic (exact) mass is 364 g/mol. The third-order valence-corrected chi connectivity index (χ3v) is 5.67. The third-order valence-electron chi connectivity index (χ3n) is 3.39. The van der Waals surface area contributed by atoms with Gasteiger partial charge in [-0.05, 0) is 49.8 Å². The van der Waals surface area contributed by atoms with Crippen molar-refractivity contribution < 1.29 is 17.0 Å². The van der Waals surface area contributed by atoms with Gasteiger partial charge in [-0.2, -0.15) is 8.42 Å². The second-order valence-corrected chi connectivity index (χ2v) is 12.9. The largest absolute Gasteiger partial charge is 0.413 e. The lowest BCUT2D eigenvalue weighted by Gasteiger charge is -2.17. The van der Waals surface area contributed by atoms with Crippen LogP contribution in [0.5, 0.6) is 0 Å². The molecule has 0 fully saturated rings. The molecule has 0 N–H and O–H groups in total. The Bertz CT molecular complexity index is 760. The average Bonchev–Trinajstić information content (AvgIpc) is 2.52. The summed E-state index contributed by atoms with van der Waals surface area (Å²) in [7, 11) is -5.27. The van der Waals surface area contributed by atoms with Crippen LogP contribution in [0.3, 0.4) is 0 Å².